The van der Waals surface area contributed by atoms with Crippen molar-refractivity contribution < 1.29 is 8.78 Å². The number of hydrogen-bond donors (Lipinski definition) is 1. The molecule has 106 valence electrons. The van der Waals surface area contributed by atoms with E-state index >= 15 is 0 Å². The average Bonchev–Trinajstić information content (AvgIpc) is 2.35. The zero-order chi connectivity index (χ0) is 14.7. The summed E-state index contributed by atoms with van der Waals surface area (Å²) >= 11 is 12.0. The lowest BCUT2D eigenvalue weighted by Crippen LogP contribution is -2.10. The van der Waals surface area contributed by atoms with Crippen LogP contribution in [0.15, 0.2) is 36.4 Å². The van der Waals surface area contributed by atoms with Crippen molar-refractivity contribution in [1.29, 1.82) is 0 Å². The molecule has 0 amide bonds. The summed E-state index contributed by atoms with van der Waals surface area (Å²) in [5.74, 6) is -1.24. The summed E-state index contributed by atoms with van der Waals surface area (Å²) < 4.78 is 26.4. The fraction of sp³-hybridized carbons (Fsp3) is 0.200. The highest BCUT2D eigenvalue weighted by molar-refractivity contribution is 6.35. The van der Waals surface area contributed by atoms with Crippen LogP contribution < -0.4 is 5.32 Å². The maximum Gasteiger partial charge on any atom is 0.128 e. The zero-order valence-corrected chi connectivity index (χ0v) is 12.3. The molecule has 0 saturated heterocycles. The van der Waals surface area contributed by atoms with E-state index in [-0.39, 0.29) is 6.04 Å². The lowest BCUT2D eigenvalue weighted by molar-refractivity contribution is 0.583. The van der Waals surface area contributed by atoms with Crippen molar-refractivity contribution in [1.82, 2.24) is 0 Å². The first-order valence-electron chi connectivity index (χ1n) is 6.17. The van der Waals surface area contributed by atoms with Crippen molar-refractivity contribution in [3.63, 3.8) is 0 Å². The predicted molar refractivity (Wildman–Crippen MR) is 79.5 cm³/mol. The van der Waals surface area contributed by atoms with Crippen LogP contribution in [0, 0.1) is 11.6 Å². The molecule has 0 heterocycles. The Labute approximate surface area is 126 Å². The van der Waals surface area contributed by atoms with E-state index in [0.717, 1.165) is 11.6 Å². The summed E-state index contributed by atoms with van der Waals surface area (Å²) in [5, 5.41) is 4.15. The molecule has 0 fully saturated rings. The maximum absolute atomic E-state index is 13.2. The van der Waals surface area contributed by atoms with Gasteiger partial charge in [-0.05, 0) is 36.2 Å². The molecular weight excluding hydrogens is 303 g/mol. The molecule has 1 atom stereocenters. The summed E-state index contributed by atoms with van der Waals surface area (Å²) in [7, 11) is 0. The van der Waals surface area contributed by atoms with Gasteiger partial charge < -0.3 is 5.32 Å². The van der Waals surface area contributed by atoms with E-state index in [1.54, 1.807) is 12.1 Å². The van der Waals surface area contributed by atoms with Gasteiger partial charge in [-0.25, -0.2) is 8.78 Å². The van der Waals surface area contributed by atoms with Crippen molar-refractivity contribution in [3.8, 4) is 0 Å². The molecule has 20 heavy (non-hydrogen) atoms. The SMILES string of the molecule is CCC(Nc1cc(F)cc(F)c1)c1ccc(Cl)cc1Cl. The molecule has 2 aromatic carbocycles. The van der Waals surface area contributed by atoms with Crippen molar-refractivity contribution in [2.45, 2.75) is 19.4 Å². The molecule has 0 radical (unpaired) electrons. The first-order valence-corrected chi connectivity index (χ1v) is 6.92. The lowest BCUT2D eigenvalue weighted by atomic mass is 10.0. The number of halogens is 4. The van der Waals surface area contributed by atoms with Crippen LogP contribution >= 0.6 is 23.2 Å². The van der Waals surface area contributed by atoms with E-state index in [1.165, 1.54) is 12.1 Å². The van der Waals surface area contributed by atoms with Gasteiger partial charge >= 0.3 is 0 Å². The van der Waals surface area contributed by atoms with Gasteiger partial charge in [-0.15, -0.1) is 0 Å². The highest BCUT2D eigenvalue weighted by Crippen LogP contribution is 2.30. The fourth-order valence-electron chi connectivity index (χ4n) is 2.02. The number of rotatable bonds is 4. The Balaban J connectivity index is 2.28. The molecule has 0 bridgehead atoms. The van der Waals surface area contributed by atoms with Gasteiger partial charge in [-0.3, -0.25) is 0 Å². The van der Waals surface area contributed by atoms with Crippen LogP contribution in [0.3, 0.4) is 0 Å². The Morgan fingerprint density at radius 3 is 2.25 bits per heavy atom. The molecule has 1 unspecified atom stereocenters. The molecule has 1 N–H and O–H groups in total. The van der Waals surface area contributed by atoms with Gasteiger partial charge in [0.2, 0.25) is 0 Å². The summed E-state index contributed by atoms with van der Waals surface area (Å²) in [6, 6.07) is 8.36. The minimum absolute atomic E-state index is 0.152. The minimum Gasteiger partial charge on any atom is -0.378 e. The van der Waals surface area contributed by atoms with Crippen LogP contribution in [-0.4, -0.2) is 0 Å². The van der Waals surface area contributed by atoms with E-state index < -0.39 is 11.6 Å². The van der Waals surface area contributed by atoms with Crippen LogP contribution in [0.2, 0.25) is 10.0 Å². The normalized spacial score (nSPS) is 12.2. The third-order valence-electron chi connectivity index (χ3n) is 2.95. The van der Waals surface area contributed by atoms with Crippen molar-refractivity contribution >= 4 is 28.9 Å². The fourth-order valence-corrected chi connectivity index (χ4v) is 2.56. The smallest absolute Gasteiger partial charge is 0.128 e. The first-order chi connectivity index (χ1) is 9.49. The number of anilines is 1. The van der Waals surface area contributed by atoms with Crippen molar-refractivity contribution in [3.05, 3.63) is 63.6 Å². The van der Waals surface area contributed by atoms with E-state index in [4.69, 9.17) is 23.2 Å². The van der Waals surface area contributed by atoms with Crippen molar-refractivity contribution in [2.75, 3.05) is 5.32 Å². The van der Waals surface area contributed by atoms with Gasteiger partial charge in [0.05, 0.1) is 6.04 Å². The number of hydrogen-bond acceptors (Lipinski definition) is 1. The lowest BCUT2D eigenvalue weighted by Gasteiger charge is -2.20. The Hall–Kier alpha value is -1.32. The second-order valence-corrected chi connectivity index (χ2v) is 5.27. The number of nitrogens with one attached hydrogen (secondary N) is 1. The Bertz CT molecular complexity index is 597. The Morgan fingerprint density at radius 1 is 1.05 bits per heavy atom. The monoisotopic (exact) mass is 315 g/mol. The van der Waals surface area contributed by atoms with E-state index in [0.29, 0.717) is 22.2 Å². The van der Waals surface area contributed by atoms with E-state index in [1.807, 2.05) is 13.0 Å². The molecule has 0 saturated carbocycles. The minimum atomic E-state index is -0.621. The topological polar surface area (TPSA) is 12.0 Å². The third-order valence-corrected chi connectivity index (χ3v) is 3.51. The van der Waals surface area contributed by atoms with Crippen LogP contribution in [0.5, 0.6) is 0 Å². The molecule has 5 heteroatoms. The third kappa shape index (κ3) is 3.62. The molecule has 0 aliphatic rings. The summed E-state index contributed by atoms with van der Waals surface area (Å²) in [5.41, 5.74) is 1.21. The largest absolute Gasteiger partial charge is 0.378 e. The van der Waals surface area contributed by atoms with Crippen LogP contribution in [0.1, 0.15) is 24.9 Å². The van der Waals surface area contributed by atoms with Gasteiger partial charge in [-0.1, -0.05) is 36.2 Å². The molecule has 2 rings (SSSR count). The molecular formula is C15H13Cl2F2N. The summed E-state index contributed by atoms with van der Waals surface area (Å²) in [4.78, 5) is 0. The molecule has 2 aromatic rings. The molecule has 0 aromatic heterocycles. The second kappa shape index (κ2) is 6.42. The van der Waals surface area contributed by atoms with Gasteiger partial charge in [-0.2, -0.15) is 0 Å². The standard InChI is InChI=1S/C15H13Cl2F2N/c1-2-15(13-4-3-9(16)5-14(13)17)20-12-7-10(18)6-11(19)8-12/h3-8,15,20H,2H2,1H3. The van der Waals surface area contributed by atoms with Crippen LogP contribution in [0.4, 0.5) is 14.5 Å². The predicted octanol–water partition coefficient (Wildman–Crippen LogP) is 5.83. The molecule has 1 nitrogen and oxygen atoms in total. The second-order valence-electron chi connectivity index (χ2n) is 4.43. The summed E-state index contributed by atoms with van der Waals surface area (Å²) in [6.07, 6.45) is 0.708. The zero-order valence-electron chi connectivity index (χ0n) is 10.8. The molecule has 0 aliphatic heterocycles. The van der Waals surface area contributed by atoms with E-state index in [9.17, 15) is 8.78 Å². The first kappa shape index (κ1) is 15.1. The van der Waals surface area contributed by atoms with E-state index in [2.05, 4.69) is 5.32 Å². The maximum atomic E-state index is 13.2. The van der Waals surface area contributed by atoms with Crippen LogP contribution in [0.25, 0.3) is 0 Å². The molecule has 0 spiro atoms. The Morgan fingerprint density at radius 2 is 1.70 bits per heavy atom. The quantitative estimate of drug-likeness (QED) is 0.748. The Kier molecular flexibility index (Phi) is 4.84. The molecule has 0 aliphatic carbocycles. The van der Waals surface area contributed by atoms with Crippen molar-refractivity contribution in [2.24, 2.45) is 0 Å². The van der Waals surface area contributed by atoms with Gasteiger partial charge in [0, 0.05) is 21.8 Å². The van der Waals surface area contributed by atoms with Gasteiger partial charge in [0.15, 0.2) is 0 Å². The average molecular weight is 316 g/mol. The highest BCUT2D eigenvalue weighted by atomic mass is 35.5. The highest BCUT2D eigenvalue weighted by Gasteiger charge is 2.14. The summed E-state index contributed by atoms with van der Waals surface area (Å²) in [6.45, 7) is 1.96. The van der Waals surface area contributed by atoms with Crippen LogP contribution in [-0.2, 0) is 0 Å². The van der Waals surface area contributed by atoms with Gasteiger partial charge in [0.1, 0.15) is 11.6 Å². The number of benzene rings is 2. The van der Waals surface area contributed by atoms with Gasteiger partial charge in [0.25, 0.3) is 0 Å².